The van der Waals surface area contributed by atoms with Crippen LogP contribution >= 0.6 is 54.5 Å². The third-order valence-electron chi connectivity index (χ3n) is 3.59. The third kappa shape index (κ3) is 5.30. The molecule has 1 N–H and O–H groups in total. The highest BCUT2D eigenvalue weighted by Gasteiger charge is 2.04. The van der Waals surface area contributed by atoms with Crippen molar-refractivity contribution in [2.75, 3.05) is 12.0 Å². The largest absolute Gasteiger partial charge is 0.506 e. The van der Waals surface area contributed by atoms with Crippen molar-refractivity contribution < 1.29 is 9.84 Å². The highest BCUT2D eigenvalue weighted by molar-refractivity contribution is 14.1. The van der Waals surface area contributed by atoms with Gasteiger partial charge in [-0.1, -0.05) is 66.6 Å². The fourth-order valence-corrected chi connectivity index (χ4v) is 3.30. The van der Waals surface area contributed by atoms with E-state index in [2.05, 4.69) is 64.4 Å². The lowest BCUT2D eigenvalue weighted by atomic mass is 10.2. The second kappa shape index (κ2) is 10.8. The average Bonchev–Trinajstić information content (AvgIpc) is 2.74. The zero-order chi connectivity index (χ0) is 19.8. The van der Waals surface area contributed by atoms with Crippen molar-refractivity contribution in [3.63, 3.8) is 0 Å². The van der Waals surface area contributed by atoms with Gasteiger partial charge in [-0.2, -0.15) is 0 Å². The molecule has 0 atom stereocenters. The second-order valence-corrected chi connectivity index (χ2v) is 6.82. The summed E-state index contributed by atoms with van der Waals surface area (Å²) in [4.78, 5) is 10.3. The minimum atomic E-state index is 0.216. The van der Waals surface area contributed by atoms with Crippen molar-refractivity contribution in [1.82, 2.24) is 9.97 Å². The highest BCUT2D eigenvalue weighted by atomic mass is 127. The van der Waals surface area contributed by atoms with E-state index >= 15 is 0 Å². The molecule has 27 heavy (non-hydrogen) atoms. The monoisotopic (exact) mass is 602 g/mol. The first-order valence-corrected chi connectivity index (χ1v) is 11.5. The van der Waals surface area contributed by atoms with Crippen molar-refractivity contribution in [3.05, 3.63) is 69.9 Å². The van der Waals surface area contributed by atoms with E-state index in [1.54, 1.807) is 31.6 Å². The van der Waals surface area contributed by atoms with Gasteiger partial charge in [-0.3, -0.25) is 9.97 Å². The standard InChI is InChI=1S/C10H8BrNO.C9H6BrNO.CH3I/c1-13-9-5-4-8(11)7-3-2-6-12-10(7)9;10-7-3-4-8(12)9-6(7)2-1-5-11-9;1-2/h2-6H,1H3;1-5,12H;1H3. The van der Waals surface area contributed by atoms with Gasteiger partial charge in [0.2, 0.25) is 0 Å². The van der Waals surface area contributed by atoms with Gasteiger partial charge in [0.1, 0.15) is 22.5 Å². The number of aromatic nitrogens is 2. The topological polar surface area (TPSA) is 55.2 Å². The van der Waals surface area contributed by atoms with Crippen LogP contribution in [0.1, 0.15) is 0 Å². The molecule has 0 bridgehead atoms. The van der Waals surface area contributed by atoms with Crippen LogP contribution in [0.3, 0.4) is 0 Å². The Bertz CT molecular complexity index is 1000. The maximum atomic E-state index is 9.41. The molecule has 0 aliphatic carbocycles. The molecule has 0 unspecified atom stereocenters. The van der Waals surface area contributed by atoms with Gasteiger partial charge >= 0.3 is 0 Å². The van der Waals surface area contributed by atoms with Crippen LogP contribution in [0.4, 0.5) is 0 Å². The van der Waals surface area contributed by atoms with E-state index in [0.29, 0.717) is 5.52 Å². The average molecular weight is 604 g/mol. The van der Waals surface area contributed by atoms with Gasteiger partial charge in [-0.05, 0) is 41.3 Å². The number of phenols is 1. The van der Waals surface area contributed by atoms with Crippen molar-refractivity contribution in [2.24, 2.45) is 0 Å². The zero-order valence-corrected chi connectivity index (χ0v) is 20.0. The molecular formula is C20H17Br2IN2O2. The number of pyridine rings is 2. The molecule has 7 heteroatoms. The van der Waals surface area contributed by atoms with Gasteiger partial charge in [-0.25, -0.2) is 0 Å². The minimum Gasteiger partial charge on any atom is -0.506 e. The van der Waals surface area contributed by atoms with E-state index in [4.69, 9.17) is 4.74 Å². The van der Waals surface area contributed by atoms with Crippen LogP contribution < -0.4 is 4.74 Å². The second-order valence-electron chi connectivity index (χ2n) is 5.12. The van der Waals surface area contributed by atoms with Crippen molar-refractivity contribution >= 4 is 76.3 Å². The molecule has 4 rings (SSSR count). The summed E-state index contributed by atoms with van der Waals surface area (Å²) in [7, 11) is 1.65. The SMILES string of the molecule is CI.COc1ccc(Br)c2cccnc12.Oc1ccc(Br)c2cccnc12. The van der Waals surface area contributed by atoms with E-state index in [-0.39, 0.29) is 5.75 Å². The molecule has 0 saturated heterocycles. The molecule has 2 aromatic carbocycles. The van der Waals surface area contributed by atoms with Gasteiger partial charge in [0, 0.05) is 32.1 Å². The first-order chi connectivity index (χ1) is 13.1. The third-order valence-corrected chi connectivity index (χ3v) is 4.98. The van der Waals surface area contributed by atoms with Crippen molar-refractivity contribution in [1.29, 1.82) is 0 Å². The number of methoxy groups -OCH3 is 1. The number of alkyl halides is 1. The Morgan fingerprint density at radius 1 is 0.815 bits per heavy atom. The number of ether oxygens (including phenoxy) is 1. The number of rotatable bonds is 1. The maximum Gasteiger partial charge on any atom is 0.145 e. The Balaban J connectivity index is 0.000000178. The first-order valence-electron chi connectivity index (χ1n) is 7.79. The predicted molar refractivity (Wildman–Crippen MR) is 127 cm³/mol. The van der Waals surface area contributed by atoms with Crippen LogP contribution in [-0.2, 0) is 0 Å². The van der Waals surface area contributed by atoms with E-state index in [1.165, 1.54) is 0 Å². The number of fused-ring (bicyclic) bond motifs is 2. The first kappa shape index (κ1) is 21.8. The number of halogens is 3. The van der Waals surface area contributed by atoms with E-state index in [9.17, 15) is 5.11 Å². The summed E-state index contributed by atoms with van der Waals surface area (Å²) in [5, 5.41) is 11.4. The fraction of sp³-hybridized carbons (Fsp3) is 0.100. The summed E-state index contributed by atoms with van der Waals surface area (Å²) in [5.41, 5.74) is 1.52. The molecule has 140 valence electrons. The number of aromatic hydroxyl groups is 1. The number of hydrogen-bond donors (Lipinski definition) is 1. The Morgan fingerprint density at radius 3 is 1.89 bits per heavy atom. The summed E-state index contributed by atoms with van der Waals surface area (Å²) in [6.07, 6.45) is 3.42. The Morgan fingerprint density at radius 2 is 1.33 bits per heavy atom. The lowest BCUT2D eigenvalue weighted by Crippen LogP contribution is -1.87. The number of phenolic OH excluding ortho intramolecular Hbond substituents is 1. The Hall–Kier alpha value is -1.45. The van der Waals surface area contributed by atoms with Crippen molar-refractivity contribution in [2.45, 2.75) is 0 Å². The maximum absolute atomic E-state index is 9.41. The lowest BCUT2D eigenvalue weighted by molar-refractivity contribution is 0.419. The molecule has 0 saturated carbocycles. The van der Waals surface area contributed by atoms with Crippen LogP contribution in [0.2, 0.25) is 0 Å². The van der Waals surface area contributed by atoms with Gasteiger partial charge in [0.05, 0.1) is 7.11 Å². The zero-order valence-electron chi connectivity index (χ0n) is 14.7. The molecule has 0 fully saturated rings. The smallest absolute Gasteiger partial charge is 0.145 e. The molecular weight excluding hydrogens is 587 g/mol. The van der Waals surface area contributed by atoms with Gasteiger partial charge in [0.15, 0.2) is 0 Å². The van der Waals surface area contributed by atoms with E-state index < -0.39 is 0 Å². The minimum absolute atomic E-state index is 0.216. The summed E-state index contributed by atoms with van der Waals surface area (Å²) in [6, 6.07) is 15.0. The molecule has 0 spiro atoms. The number of hydrogen-bond acceptors (Lipinski definition) is 4. The molecule has 0 radical (unpaired) electrons. The summed E-state index contributed by atoms with van der Waals surface area (Å²) < 4.78 is 7.19. The summed E-state index contributed by atoms with van der Waals surface area (Å²) in [5.74, 6) is 1.02. The molecule has 2 heterocycles. The summed E-state index contributed by atoms with van der Waals surface area (Å²) in [6.45, 7) is 0. The highest BCUT2D eigenvalue weighted by Crippen LogP contribution is 2.29. The number of nitrogens with zero attached hydrogens (tertiary/aromatic N) is 2. The van der Waals surface area contributed by atoms with E-state index in [1.807, 2.05) is 41.3 Å². The van der Waals surface area contributed by atoms with Crippen LogP contribution in [0, 0.1) is 0 Å². The van der Waals surface area contributed by atoms with Crippen LogP contribution in [-0.4, -0.2) is 27.1 Å². The predicted octanol–water partition coefficient (Wildman–Crippen LogP) is 6.76. The molecule has 0 aliphatic heterocycles. The van der Waals surface area contributed by atoms with Crippen LogP contribution in [0.25, 0.3) is 21.8 Å². The van der Waals surface area contributed by atoms with Gasteiger partial charge in [0.25, 0.3) is 0 Å². The molecule has 4 nitrogen and oxygen atoms in total. The van der Waals surface area contributed by atoms with E-state index in [0.717, 1.165) is 31.0 Å². The lowest BCUT2D eigenvalue weighted by Gasteiger charge is -2.04. The van der Waals surface area contributed by atoms with Gasteiger partial charge < -0.3 is 9.84 Å². The molecule has 0 amide bonds. The molecule has 4 aromatic rings. The van der Waals surface area contributed by atoms with Crippen molar-refractivity contribution in [3.8, 4) is 11.5 Å². The normalized spacial score (nSPS) is 9.81. The summed E-state index contributed by atoms with van der Waals surface area (Å²) >= 11 is 8.99. The fourth-order valence-electron chi connectivity index (χ4n) is 2.40. The van der Waals surface area contributed by atoms with Crippen LogP contribution in [0.15, 0.2) is 69.9 Å². The quantitative estimate of drug-likeness (QED) is 0.193. The van der Waals surface area contributed by atoms with Gasteiger partial charge in [-0.15, -0.1) is 0 Å². The number of benzene rings is 2. The molecule has 0 aliphatic rings. The van der Waals surface area contributed by atoms with Crippen LogP contribution in [0.5, 0.6) is 11.5 Å². The Labute approximate surface area is 188 Å². The Kier molecular flexibility index (Phi) is 8.72. The molecule has 2 aromatic heterocycles.